The Kier molecular flexibility index (Phi) is 2.81. The summed E-state index contributed by atoms with van der Waals surface area (Å²) in [5.74, 6) is 1.47. The highest BCUT2D eigenvalue weighted by molar-refractivity contribution is 6.03. The maximum atomic E-state index is 12.2. The number of fused-ring (bicyclic) bond motifs is 2. The molecule has 0 radical (unpaired) electrons. The largest absolute Gasteiger partial charge is 0.486 e. The van der Waals surface area contributed by atoms with Gasteiger partial charge in [0.1, 0.15) is 13.2 Å². The molecule has 4 nitrogen and oxygen atoms in total. The van der Waals surface area contributed by atoms with Crippen LogP contribution in [0.1, 0.15) is 17.0 Å². The molecule has 1 amide bonds. The third-order valence-electron chi connectivity index (χ3n) is 3.96. The molecule has 21 heavy (non-hydrogen) atoms. The molecule has 2 aliphatic rings. The van der Waals surface area contributed by atoms with Gasteiger partial charge in [-0.15, -0.1) is 0 Å². The van der Waals surface area contributed by atoms with E-state index in [1.807, 2.05) is 42.5 Å². The molecule has 106 valence electrons. The van der Waals surface area contributed by atoms with E-state index in [4.69, 9.17) is 9.47 Å². The predicted molar refractivity (Wildman–Crippen MR) is 78.9 cm³/mol. The Labute approximate surface area is 122 Å². The zero-order valence-corrected chi connectivity index (χ0v) is 11.5. The standard InChI is InChI=1S/C17H15NO3/c19-17-13(12-3-1-2-4-14(12)18-17)9-11-5-6-15-16(10-11)21-8-7-20-15/h1-6,10,13H,7-9H2,(H,18,19)/t13-/m0/s1. The van der Waals surface area contributed by atoms with Gasteiger partial charge in [0.2, 0.25) is 5.91 Å². The van der Waals surface area contributed by atoms with Crippen molar-refractivity contribution >= 4 is 11.6 Å². The fraction of sp³-hybridized carbons (Fsp3) is 0.235. The molecule has 0 aromatic heterocycles. The number of nitrogens with one attached hydrogen (secondary N) is 1. The number of benzene rings is 2. The van der Waals surface area contributed by atoms with Gasteiger partial charge in [-0.3, -0.25) is 4.79 Å². The third kappa shape index (κ3) is 2.13. The molecular formula is C17H15NO3. The summed E-state index contributed by atoms with van der Waals surface area (Å²) in [4.78, 5) is 12.2. The number of carbonyl (C=O) groups is 1. The van der Waals surface area contributed by atoms with E-state index in [1.165, 1.54) is 0 Å². The van der Waals surface area contributed by atoms with Gasteiger partial charge >= 0.3 is 0 Å². The van der Waals surface area contributed by atoms with Gasteiger partial charge in [0, 0.05) is 5.69 Å². The minimum absolute atomic E-state index is 0.0612. The van der Waals surface area contributed by atoms with Crippen LogP contribution in [0, 0.1) is 0 Å². The minimum Gasteiger partial charge on any atom is -0.486 e. The first kappa shape index (κ1) is 12.3. The van der Waals surface area contributed by atoms with E-state index in [0.717, 1.165) is 28.3 Å². The number of rotatable bonds is 2. The number of hydrogen-bond acceptors (Lipinski definition) is 3. The number of anilines is 1. The maximum absolute atomic E-state index is 12.2. The molecule has 2 aromatic rings. The van der Waals surface area contributed by atoms with Crippen molar-refractivity contribution in [3.8, 4) is 11.5 Å². The number of ether oxygens (including phenoxy) is 2. The Morgan fingerprint density at radius 2 is 1.86 bits per heavy atom. The first-order valence-corrected chi connectivity index (χ1v) is 7.09. The van der Waals surface area contributed by atoms with Crippen molar-refractivity contribution < 1.29 is 14.3 Å². The van der Waals surface area contributed by atoms with Crippen molar-refractivity contribution in [3.05, 3.63) is 53.6 Å². The van der Waals surface area contributed by atoms with Crippen LogP contribution in [0.3, 0.4) is 0 Å². The van der Waals surface area contributed by atoms with E-state index < -0.39 is 0 Å². The highest BCUT2D eigenvalue weighted by atomic mass is 16.6. The van der Waals surface area contributed by atoms with Gasteiger partial charge in [0.25, 0.3) is 0 Å². The second-order valence-corrected chi connectivity index (χ2v) is 5.31. The van der Waals surface area contributed by atoms with Gasteiger partial charge in [-0.25, -0.2) is 0 Å². The quantitative estimate of drug-likeness (QED) is 0.920. The summed E-state index contributed by atoms with van der Waals surface area (Å²) in [5.41, 5.74) is 3.07. The second-order valence-electron chi connectivity index (χ2n) is 5.31. The Bertz CT molecular complexity index is 711. The fourth-order valence-corrected chi connectivity index (χ4v) is 2.93. The topological polar surface area (TPSA) is 47.6 Å². The van der Waals surface area contributed by atoms with Crippen LogP contribution in [-0.4, -0.2) is 19.1 Å². The van der Waals surface area contributed by atoms with E-state index in [2.05, 4.69) is 5.32 Å². The van der Waals surface area contributed by atoms with Crippen LogP contribution in [0.15, 0.2) is 42.5 Å². The zero-order valence-electron chi connectivity index (χ0n) is 11.5. The van der Waals surface area contributed by atoms with Gasteiger partial charge in [0.05, 0.1) is 5.92 Å². The van der Waals surface area contributed by atoms with Crippen molar-refractivity contribution in [2.24, 2.45) is 0 Å². The van der Waals surface area contributed by atoms with Crippen molar-refractivity contribution in [2.45, 2.75) is 12.3 Å². The summed E-state index contributed by atoms with van der Waals surface area (Å²) in [6.07, 6.45) is 0.666. The average Bonchev–Trinajstić information content (AvgIpc) is 2.83. The van der Waals surface area contributed by atoms with Crippen molar-refractivity contribution in [1.82, 2.24) is 0 Å². The van der Waals surface area contributed by atoms with Crippen LogP contribution in [0.25, 0.3) is 0 Å². The molecule has 4 heteroatoms. The van der Waals surface area contributed by atoms with E-state index in [-0.39, 0.29) is 11.8 Å². The average molecular weight is 281 g/mol. The van der Waals surface area contributed by atoms with E-state index in [0.29, 0.717) is 19.6 Å². The number of hydrogen-bond donors (Lipinski definition) is 1. The van der Waals surface area contributed by atoms with Gasteiger partial charge in [-0.1, -0.05) is 24.3 Å². The van der Waals surface area contributed by atoms with Gasteiger partial charge < -0.3 is 14.8 Å². The Morgan fingerprint density at radius 3 is 2.76 bits per heavy atom. The van der Waals surface area contributed by atoms with Crippen molar-refractivity contribution in [1.29, 1.82) is 0 Å². The van der Waals surface area contributed by atoms with E-state index in [1.54, 1.807) is 0 Å². The lowest BCUT2D eigenvalue weighted by molar-refractivity contribution is -0.117. The summed E-state index contributed by atoms with van der Waals surface area (Å²) in [6.45, 7) is 1.16. The minimum atomic E-state index is -0.135. The van der Waals surface area contributed by atoms with Gasteiger partial charge in [-0.2, -0.15) is 0 Å². The molecule has 4 rings (SSSR count). The van der Waals surface area contributed by atoms with Crippen LogP contribution in [0.4, 0.5) is 5.69 Å². The molecule has 2 aliphatic heterocycles. The molecule has 0 saturated carbocycles. The van der Waals surface area contributed by atoms with Crippen LogP contribution in [0.2, 0.25) is 0 Å². The van der Waals surface area contributed by atoms with Gasteiger partial charge in [-0.05, 0) is 35.7 Å². The summed E-state index contributed by atoms with van der Waals surface area (Å²) < 4.78 is 11.1. The fourth-order valence-electron chi connectivity index (χ4n) is 2.93. The summed E-state index contributed by atoms with van der Waals surface area (Å²) in [7, 11) is 0. The highest BCUT2D eigenvalue weighted by Gasteiger charge is 2.30. The molecule has 0 saturated heterocycles. The van der Waals surface area contributed by atoms with Crippen LogP contribution in [-0.2, 0) is 11.2 Å². The molecule has 0 unspecified atom stereocenters. The Balaban J connectivity index is 1.63. The Morgan fingerprint density at radius 1 is 1.05 bits per heavy atom. The molecule has 0 spiro atoms. The van der Waals surface area contributed by atoms with Crippen molar-refractivity contribution in [2.75, 3.05) is 18.5 Å². The molecule has 2 aromatic carbocycles. The van der Waals surface area contributed by atoms with Crippen molar-refractivity contribution in [3.63, 3.8) is 0 Å². The molecule has 0 bridgehead atoms. The van der Waals surface area contributed by atoms with E-state index in [9.17, 15) is 4.79 Å². The molecule has 2 heterocycles. The van der Waals surface area contributed by atoms with Gasteiger partial charge in [0.15, 0.2) is 11.5 Å². The van der Waals surface area contributed by atoms with E-state index >= 15 is 0 Å². The monoisotopic (exact) mass is 281 g/mol. The third-order valence-corrected chi connectivity index (χ3v) is 3.96. The Hall–Kier alpha value is -2.49. The normalized spacial score (nSPS) is 19.0. The molecular weight excluding hydrogens is 266 g/mol. The van der Waals surface area contributed by atoms with Crippen LogP contribution < -0.4 is 14.8 Å². The second kappa shape index (κ2) is 4.81. The number of amides is 1. The molecule has 0 aliphatic carbocycles. The lowest BCUT2D eigenvalue weighted by atomic mass is 9.93. The SMILES string of the molecule is O=C1Nc2ccccc2[C@@H]1Cc1ccc2c(c1)OCCO2. The molecule has 1 atom stereocenters. The molecule has 1 N–H and O–H groups in total. The molecule has 0 fully saturated rings. The lowest BCUT2D eigenvalue weighted by Crippen LogP contribution is -2.16. The van der Waals surface area contributed by atoms with Crippen LogP contribution >= 0.6 is 0 Å². The smallest absolute Gasteiger partial charge is 0.232 e. The summed E-state index contributed by atoms with van der Waals surface area (Å²) >= 11 is 0. The first-order chi connectivity index (χ1) is 10.3. The maximum Gasteiger partial charge on any atom is 0.232 e. The summed E-state index contributed by atoms with van der Waals surface area (Å²) in [5, 5.41) is 2.94. The number of para-hydroxylation sites is 1. The summed E-state index contributed by atoms with van der Waals surface area (Å²) in [6, 6.07) is 13.8. The lowest BCUT2D eigenvalue weighted by Gasteiger charge is -2.19. The zero-order chi connectivity index (χ0) is 14.2. The van der Waals surface area contributed by atoms with Crippen LogP contribution in [0.5, 0.6) is 11.5 Å². The number of carbonyl (C=O) groups excluding carboxylic acids is 1. The predicted octanol–water partition coefficient (Wildman–Crippen LogP) is 2.74. The highest BCUT2D eigenvalue weighted by Crippen LogP contribution is 2.37. The first-order valence-electron chi connectivity index (χ1n) is 7.09.